The van der Waals surface area contributed by atoms with Crippen molar-refractivity contribution in [3.05, 3.63) is 200 Å². The van der Waals surface area contributed by atoms with Gasteiger partial charge < -0.3 is 0 Å². The zero-order chi connectivity index (χ0) is 39.8. The van der Waals surface area contributed by atoms with E-state index >= 15 is 0 Å². The van der Waals surface area contributed by atoms with Gasteiger partial charge in [-0.2, -0.15) is 0 Å². The van der Waals surface area contributed by atoms with Gasteiger partial charge in [-0.15, -0.1) is 0 Å². The number of pyridine rings is 1. The molecular weight excluding hydrogens is 735 g/mol. The molecule has 0 saturated heterocycles. The highest BCUT2D eigenvalue weighted by Crippen LogP contribution is 2.42. The van der Waals surface area contributed by atoms with Crippen LogP contribution in [-0.2, 0) is 0 Å². The van der Waals surface area contributed by atoms with Crippen LogP contribution in [0.25, 0.3) is 112 Å². The molecule has 60 heavy (non-hydrogen) atoms. The maximum absolute atomic E-state index is 5.36. The third-order valence-corrected chi connectivity index (χ3v) is 10.8. The van der Waals surface area contributed by atoms with Gasteiger partial charge in [-0.1, -0.05) is 188 Å². The molecule has 0 N–H and O–H groups in total. The Morgan fingerprint density at radius 2 is 0.583 bits per heavy atom. The zero-order valence-electron chi connectivity index (χ0n) is 32.2. The molecule has 0 fully saturated rings. The lowest BCUT2D eigenvalue weighted by Crippen LogP contribution is -2.01. The van der Waals surface area contributed by atoms with Crippen molar-refractivity contribution in [3.63, 3.8) is 0 Å². The first-order valence-corrected chi connectivity index (χ1v) is 19.8. The highest BCUT2D eigenvalue weighted by molar-refractivity contribution is 6.25. The number of para-hydroxylation sites is 1. The number of benzene rings is 8. The summed E-state index contributed by atoms with van der Waals surface area (Å²) in [6.45, 7) is 0. The van der Waals surface area contributed by atoms with Crippen LogP contribution < -0.4 is 0 Å². The monoisotopic (exact) mass is 767 g/mol. The van der Waals surface area contributed by atoms with Crippen molar-refractivity contribution >= 4 is 32.4 Å². The smallest absolute Gasteiger partial charge is 0.164 e. The molecular formula is C53H33N7. The number of nitrogens with zero attached hydrogens (tertiary/aromatic N) is 7. The van der Waals surface area contributed by atoms with Crippen LogP contribution in [0.5, 0.6) is 0 Å². The summed E-state index contributed by atoms with van der Waals surface area (Å²) in [5, 5.41) is 5.34. The third-order valence-electron chi connectivity index (χ3n) is 10.8. The fourth-order valence-corrected chi connectivity index (χ4v) is 7.86. The van der Waals surface area contributed by atoms with E-state index in [1.807, 2.05) is 127 Å². The second-order valence-corrected chi connectivity index (χ2v) is 14.5. The molecule has 0 spiro atoms. The van der Waals surface area contributed by atoms with Gasteiger partial charge in [0.2, 0.25) is 0 Å². The summed E-state index contributed by atoms with van der Waals surface area (Å²) < 4.78 is 0. The van der Waals surface area contributed by atoms with E-state index in [4.69, 9.17) is 34.9 Å². The molecule has 3 heterocycles. The lowest BCUT2D eigenvalue weighted by Gasteiger charge is -2.16. The molecule has 7 nitrogen and oxygen atoms in total. The standard InChI is InChI=1S/C53H33N7/c1-5-17-35(18-6-1)48-55-49(36-19-7-2-8-20-36)57-52(56-48)39-31-29-34(30-32-39)47-44-33-43(40-25-13-14-26-41(40)46(44)42-27-15-16-28-45(42)54-47)53-59-50(37-21-9-3-10-22-37)58-51(60-53)38-23-11-4-12-24-38/h1-33H. The lowest BCUT2D eigenvalue weighted by atomic mass is 9.92. The minimum Gasteiger partial charge on any atom is -0.247 e. The Balaban J connectivity index is 1.12. The normalized spacial score (nSPS) is 11.3. The summed E-state index contributed by atoms with van der Waals surface area (Å²) in [7, 11) is 0. The molecule has 0 aliphatic carbocycles. The fraction of sp³-hybridized carbons (Fsp3) is 0. The maximum atomic E-state index is 5.36. The van der Waals surface area contributed by atoms with E-state index in [1.54, 1.807) is 0 Å². The van der Waals surface area contributed by atoms with E-state index < -0.39 is 0 Å². The predicted octanol–water partition coefficient (Wildman–Crippen LogP) is 12.6. The Bertz CT molecular complexity index is 3230. The molecule has 0 unspecified atom stereocenters. The Kier molecular flexibility index (Phi) is 8.67. The summed E-state index contributed by atoms with van der Waals surface area (Å²) in [6.07, 6.45) is 0. The van der Waals surface area contributed by atoms with Crippen molar-refractivity contribution in [3.8, 4) is 79.6 Å². The molecule has 0 atom stereocenters. The van der Waals surface area contributed by atoms with Crippen molar-refractivity contribution < 1.29 is 0 Å². The Hall–Kier alpha value is -8.29. The molecule has 3 aromatic heterocycles. The average molecular weight is 768 g/mol. The van der Waals surface area contributed by atoms with Crippen molar-refractivity contribution in [1.29, 1.82) is 0 Å². The van der Waals surface area contributed by atoms with E-state index in [-0.39, 0.29) is 0 Å². The van der Waals surface area contributed by atoms with E-state index in [2.05, 4.69) is 72.8 Å². The minimum atomic E-state index is 0.591. The summed E-state index contributed by atoms with van der Waals surface area (Å²) >= 11 is 0. The number of aromatic nitrogens is 7. The van der Waals surface area contributed by atoms with Crippen LogP contribution in [0.3, 0.4) is 0 Å². The molecule has 0 aliphatic rings. The predicted molar refractivity (Wildman–Crippen MR) is 242 cm³/mol. The molecule has 11 rings (SSSR count). The van der Waals surface area contributed by atoms with Gasteiger partial charge in [-0.3, -0.25) is 0 Å². The van der Waals surface area contributed by atoms with Crippen LogP contribution in [0.1, 0.15) is 0 Å². The Morgan fingerprint density at radius 3 is 1.05 bits per heavy atom. The van der Waals surface area contributed by atoms with E-state index in [1.165, 1.54) is 0 Å². The van der Waals surface area contributed by atoms with Crippen LogP contribution >= 0.6 is 0 Å². The quantitative estimate of drug-likeness (QED) is 0.149. The van der Waals surface area contributed by atoms with E-state index in [9.17, 15) is 0 Å². The lowest BCUT2D eigenvalue weighted by molar-refractivity contribution is 1.07. The Labute approximate surface area is 345 Å². The number of hydrogen-bond donors (Lipinski definition) is 0. The highest BCUT2D eigenvalue weighted by Gasteiger charge is 2.20. The highest BCUT2D eigenvalue weighted by atomic mass is 15.0. The second kappa shape index (κ2) is 14.9. The zero-order valence-corrected chi connectivity index (χ0v) is 32.2. The number of fused-ring (bicyclic) bond motifs is 5. The largest absolute Gasteiger partial charge is 0.247 e. The van der Waals surface area contributed by atoms with Crippen LogP contribution in [0.2, 0.25) is 0 Å². The van der Waals surface area contributed by atoms with Gasteiger partial charge in [-0.05, 0) is 22.9 Å². The molecule has 0 saturated carbocycles. The average Bonchev–Trinajstić information content (AvgIpc) is 3.34. The van der Waals surface area contributed by atoms with Crippen LogP contribution in [0.4, 0.5) is 0 Å². The molecule has 7 heteroatoms. The second-order valence-electron chi connectivity index (χ2n) is 14.5. The SMILES string of the molecule is c1ccc(-c2nc(-c3ccccc3)nc(-c3ccc(-c4nc5ccccc5c5c4cc(-c4nc(-c6ccccc6)nc(-c6ccccc6)n4)c4ccccc45)cc3)n2)cc1. The molecule has 0 radical (unpaired) electrons. The van der Waals surface area contributed by atoms with Gasteiger partial charge in [0.25, 0.3) is 0 Å². The molecule has 0 aliphatic heterocycles. The van der Waals surface area contributed by atoms with Crippen LogP contribution in [0.15, 0.2) is 200 Å². The van der Waals surface area contributed by atoms with Gasteiger partial charge in [0.1, 0.15) is 0 Å². The summed E-state index contributed by atoms with van der Waals surface area (Å²) in [5.41, 5.74) is 8.19. The van der Waals surface area contributed by atoms with Crippen molar-refractivity contribution in [2.24, 2.45) is 0 Å². The molecule has 8 aromatic carbocycles. The van der Waals surface area contributed by atoms with E-state index in [0.29, 0.717) is 34.9 Å². The van der Waals surface area contributed by atoms with Crippen molar-refractivity contribution in [2.75, 3.05) is 0 Å². The maximum Gasteiger partial charge on any atom is 0.164 e. The summed E-state index contributed by atoms with van der Waals surface area (Å²) in [6, 6.07) is 67.7. The van der Waals surface area contributed by atoms with Gasteiger partial charge in [0.15, 0.2) is 34.9 Å². The van der Waals surface area contributed by atoms with Crippen LogP contribution in [-0.4, -0.2) is 34.9 Å². The minimum absolute atomic E-state index is 0.591. The third kappa shape index (κ3) is 6.40. The first-order valence-electron chi connectivity index (χ1n) is 19.8. The fourth-order valence-electron chi connectivity index (χ4n) is 7.86. The summed E-state index contributed by atoms with van der Waals surface area (Å²) in [4.78, 5) is 35.5. The topological polar surface area (TPSA) is 90.2 Å². The molecule has 0 amide bonds. The molecule has 11 aromatic rings. The number of rotatable bonds is 7. The van der Waals surface area contributed by atoms with Crippen molar-refractivity contribution in [1.82, 2.24) is 34.9 Å². The molecule has 280 valence electrons. The Morgan fingerprint density at radius 1 is 0.233 bits per heavy atom. The van der Waals surface area contributed by atoms with Gasteiger partial charge >= 0.3 is 0 Å². The van der Waals surface area contributed by atoms with Crippen molar-refractivity contribution in [2.45, 2.75) is 0 Å². The van der Waals surface area contributed by atoms with Gasteiger partial charge in [-0.25, -0.2) is 34.9 Å². The first kappa shape index (κ1) is 34.9. The van der Waals surface area contributed by atoms with Gasteiger partial charge in [0.05, 0.1) is 11.2 Å². The summed E-state index contributed by atoms with van der Waals surface area (Å²) in [5.74, 6) is 3.65. The van der Waals surface area contributed by atoms with Gasteiger partial charge in [0, 0.05) is 55.1 Å². The van der Waals surface area contributed by atoms with Crippen LogP contribution in [0, 0.1) is 0 Å². The van der Waals surface area contributed by atoms with E-state index in [0.717, 1.165) is 77.1 Å². The molecule has 0 bridgehead atoms. The number of hydrogen-bond acceptors (Lipinski definition) is 7. The first-order chi connectivity index (χ1) is 29.7.